The SMILES string of the molecule is CC1C=CN(c2ncccn2)c2ccccc21. The van der Waals surface area contributed by atoms with Crippen LogP contribution in [-0.4, -0.2) is 9.97 Å². The lowest BCUT2D eigenvalue weighted by molar-refractivity contribution is 0.917. The van der Waals surface area contributed by atoms with E-state index in [-0.39, 0.29) is 0 Å². The Morgan fingerprint density at radius 3 is 2.65 bits per heavy atom. The second kappa shape index (κ2) is 4.01. The lowest BCUT2D eigenvalue weighted by Gasteiger charge is -2.27. The summed E-state index contributed by atoms with van der Waals surface area (Å²) < 4.78 is 0. The van der Waals surface area contributed by atoms with Crippen LogP contribution in [0.1, 0.15) is 18.4 Å². The van der Waals surface area contributed by atoms with Crippen LogP contribution in [0.2, 0.25) is 0 Å². The van der Waals surface area contributed by atoms with Crippen molar-refractivity contribution in [2.45, 2.75) is 12.8 Å². The van der Waals surface area contributed by atoms with E-state index >= 15 is 0 Å². The van der Waals surface area contributed by atoms with E-state index in [0.29, 0.717) is 11.9 Å². The minimum atomic E-state index is 0.436. The van der Waals surface area contributed by atoms with Crippen LogP contribution in [0.3, 0.4) is 0 Å². The molecule has 0 spiro atoms. The fraction of sp³-hybridized carbons (Fsp3) is 0.143. The molecule has 2 aromatic rings. The largest absolute Gasteiger partial charge is 0.286 e. The third kappa shape index (κ3) is 1.69. The van der Waals surface area contributed by atoms with Gasteiger partial charge in [0.1, 0.15) is 0 Å². The Bertz CT molecular complexity index is 548. The van der Waals surface area contributed by atoms with Gasteiger partial charge in [0.25, 0.3) is 0 Å². The van der Waals surface area contributed by atoms with E-state index in [1.165, 1.54) is 5.56 Å². The zero-order valence-electron chi connectivity index (χ0n) is 9.62. The molecule has 1 aromatic carbocycles. The molecule has 1 unspecified atom stereocenters. The molecule has 2 heterocycles. The summed E-state index contributed by atoms with van der Waals surface area (Å²) in [7, 11) is 0. The Kier molecular flexibility index (Phi) is 2.37. The van der Waals surface area contributed by atoms with Gasteiger partial charge in [-0.1, -0.05) is 31.2 Å². The van der Waals surface area contributed by atoms with Gasteiger partial charge in [0.2, 0.25) is 5.95 Å². The molecular formula is C14H13N3. The summed E-state index contributed by atoms with van der Waals surface area (Å²) in [4.78, 5) is 10.6. The molecule has 0 bridgehead atoms. The van der Waals surface area contributed by atoms with Crippen LogP contribution >= 0.6 is 0 Å². The molecule has 0 radical (unpaired) electrons. The number of allylic oxidation sites excluding steroid dienone is 1. The number of benzene rings is 1. The highest BCUT2D eigenvalue weighted by Gasteiger charge is 2.19. The molecule has 0 saturated carbocycles. The average molecular weight is 223 g/mol. The Balaban J connectivity index is 2.11. The van der Waals surface area contributed by atoms with Gasteiger partial charge in [-0.3, -0.25) is 4.90 Å². The van der Waals surface area contributed by atoms with Crippen molar-refractivity contribution < 1.29 is 0 Å². The highest BCUT2D eigenvalue weighted by Crippen LogP contribution is 2.35. The Hall–Kier alpha value is -2.16. The molecule has 3 rings (SSSR count). The van der Waals surface area contributed by atoms with Crippen LogP contribution in [0.15, 0.2) is 55.0 Å². The summed E-state index contributed by atoms with van der Waals surface area (Å²) in [6, 6.07) is 10.2. The van der Waals surface area contributed by atoms with Crippen molar-refractivity contribution in [1.82, 2.24) is 9.97 Å². The van der Waals surface area contributed by atoms with Gasteiger partial charge in [0.05, 0.1) is 5.69 Å². The third-order valence-corrected chi connectivity index (χ3v) is 2.98. The maximum atomic E-state index is 4.29. The van der Waals surface area contributed by atoms with E-state index in [9.17, 15) is 0 Å². The van der Waals surface area contributed by atoms with Crippen molar-refractivity contribution in [1.29, 1.82) is 0 Å². The van der Waals surface area contributed by atoms with Crippen LogP contribution < -0.4 is 4.90 Å². The molecule has 0 N–H and O–H groups in total. The topological polar surface area (TPSA) is 29.0 Å². The summed E-state index contributed by atoms with van der Waals surface area (Å²) in [5.74, 6) is 1.15. The lowest BCUT2D eigenvalue weighted by Crippen LogP contribution is -2.17. The first-order valence-electron chi connectivity index (χ1n) is 5.70. The molecule has 3 nitrogen and oxygen atoms in total. The normalized spacial score (nSPS) is 17.9. The molecular weight excluding hydrogens is 210 g/mol. The number of hydrogen-bond donors (Lipinski definition) is 0. The van der Waals surface area contributed by atoms with Gasteiger partial charge in [-0.05, 0) is 17.7 Å². The number of fused-ring (bicyclic) bond motifs is 1. The van der Waals surface area contributed by atoms with E-state index < -0.39 is 0 Å². The number of rotatable bonds is 1. The fourth-order valence-electron chi connectivity index (χ4n) is 2.08. The van der Waals surface area contributed by atoms with Crippen LogP contribution in [0.4, 0.5) is 11.6 Å². The van der Waals surface area contributed by atoms with Crippen molar-refractivity contribution in [3.8, 4) is 0 Å². The number of nitrogens with zero attached hydrogens (tertiary/aromatic N) is 3. The van der Waals surface area contributed by atoms with Gasteiger partial charge >= 0.3 is 0 Å². The zero-order valence-corrected chi connectivity index (χ0v) is 9.62. The number of anilines is 2. The van der Waals surface area contributed by atoms with Gasteiger partial charge in [-0.25, -0.2) is 9.97 Å². The minimum absolute atomic E-state index is 0.436. The van der Waals surface area contributed by atoms with Crippen LogP contribution in [0.5, 0.6) is 0 Å². The van der Waals surface area contributed by atoms with Crippen LogP contribution in [-0.2, 0) is 0 Å². The molecule has 1 aromatic heterocycles. The molecule has 84 valence electrons. The summed E-state index contributed by atoms with van der Waals surface area (Å²) in [6.07, 6.45) is 7.73. The minimum Gasteiger partial charge on any atom is -0.286 e. The molecule has 3 heteroatoms. The van der Waals surface area contributed by atoms with Crippen LogP contribution in [0, 0.1) is 0 Å². The van der Waals surface area contributed by atoms with E-state index in [4.69, 9.17) is 0 Å². The molecule has 0 amide bonds. The first-order valence-corrected chi connectivity index (χ1v) is 5.70. The van der Waals surface area contributed by atoms with Crippen molar-refractivity contribution in [2.24, 2.45) is 0 Å². The lowest BCUT2D eigenvalue weighted by atomic mass is 9.96. The monoisotopic (exact) mass is 223 g/mol. The highest BCUT2D eigenvalue weighted by atomic mass is 15.2. The van der Waals surface area contributed by atoms with E-state index in [2.05, 4.69) is 41.2 Å². The quantitative estimate of drug-likeness (QED) is 0.743. The standard InChI is InChI=1S/C14H13N3/c1-11-7-10-17(14-15-8-4-9-16-14)13-6-3-2-5-12(11)13/h2-11H,1H3. The molecule has 1 aliphatic heterocycles. The smallest absolute Gasteiger partial charge is 0.234 e. The number of para-hydroxylation sites is 1. The molecule has 0 fully saturated rings. The molecule has 1 aliphatic rings. The third-order valence-electron chi connectivity index (χ3n) is 2.98. The number of hydrogen-bond acceptors (Lipinski definition) is 3. The second-order valence-electron chi connectivity index (χ2n) is 4.11. The van der Waals surface area contributed by atoms with E-state index in [0.717, 1.165) is 5.69 Å². The molecule has 0 saturated heterocycles. The van der Waals surface area contributed by atoms with Gasteiger partial charge in [0.15, 0.2) is 0 Å². The first-order chi connectivity index (χ1) is 8.36. The Morgan fingerprint density at radius 1 is 1.06 bits per heavy atom. The van der Waals surface area contributed by atoms with Crippen molar-refractivity contribution >= 4 is 11.6 Å². The zero-order chi connectivity index (χ0) is 11.7. The van der Waals surface area contributed by atoms with Gasteiger partial charge in [-0.15, -0.1) is 0 Å². The van der Waals surface area contributed by atoms with Gasteiger partial charge in [0, 0.05) is 24.5 Å². The average Bonchev–Trinajstić information content (AvgIpc) is 2.41. The predicted octanol–water partition coefficient (Wildman–Crippen LogP) is 3.25. The predicted molar refractivity (Wildman–Crippen MR) is 68.2 cm³/mol. The molecule has 0 aliphatic carbocycles. The maximum Gasteiger partial charge on any atom is 0.234 e. The summed E-state index contributed by atoms with van der Waals surface area (Å²) in [5.41, 5.74) is 2.47. The molecule has 1 atom stereocenters. The second-order valence-corrected chi connectivity index (χ2v) is 4.11. The summed E-state index contributed by atoms with van der Waals surface area (Å²) >= 11 is 0. The Morgan fingerprint density at radius 2 is 1.82 bits per heavy atom. The summed E-state index contributed by atoms with van der Waals surface area (Å²) in [6.45, 7) is 2.19. The van der Waals surface area contributed by atoms with Crippen molar-refractivity contribution in [2.75, 3.05) is 4.90 Å². The number of aromatic nitrogens is 2. The molecule has 17 heavy (non-hydrogen) atoms. The van der Waals surface area contributed by atoms with E-state index in [1.54, 1.807) is 12.4 Å². The van der Waals surface area contributed by atoms with Crippen molar-refractivity contribution in [3.63, 3.8) is 0 Å². The fourth-order valence-corrected chi connectivity index (χ4v) is 2.08. The van der Waals surface area contributed by atoms with Crippen molar-refractivity contribution in [3.05, 3.63) is 60.6 Å². The van der Waals surface area contributed by atoms with Gasteiger partial charge in [-0.2, -0.15) is 0 Å². The van der Waals surface area contributed by atoms with Gasteiger partial charge < -0.3 is 0 Å². The van der Waals surface area contributed by atoms with E-state index in [1.807, 2.05) is 23.2 Å². The Labute approximate surface area is 100 Å². The van der Waals surface area contributed by atoms with Crippen LogP contribution in [0.25, 0.3) is 0 Å². The summed E-state index contributed by atoms with van der Waals surface area (Å²) in [5, 5.41) is 0. The first kappa shape index (κ1) is 10.0. The maximum absolute atomic E-state index is 4.29. The highest BCUT2D eigenvalue weighted by molar-refractivity contribution is 5.67.